The molecule has 1 aliphatic carbocycles. The Morgan fingerprint density at radius 1 is 1.03 bits per heavy atom. The maximum Gasteiger partial charge on any atom is 0.471 e. The van der Waals surface area contributed by atoms with Gasteiger partial charge in [0.25, 0.3) is 0 Å². The minimum Gasteiger partial charge on any atom is -0.456 e. The van der Waals surface area contributed by atoms with Crippen LogP contribution in [0.5, 0.6) is 0 Å². The molecular formula is C22H22F3NO3. The third-order valence-electron chi connectivity index (χ3n) is 5.26. The van der Waals surface area contributed by atoms with Crippen LogP contribution < -0.4 is 5.32 Å². The van der Waals surface area contributed by atoms with Gasteiger partial charge in [-0.25, -0.2) is 4.79 Å². The van der Waals surface area contributed by atoms with Gasteiger partial charge in [0.1, 0.15) is 11.6 Å². The first-order valence-corrected chi connectivity index (χ1v) is 9.45. The van der Waals surface area contributed by atoms with Gasteiger partial charge in [0.05, 0.1) is 5.56 Å². The molecule has 0 aromatic heterocycles. The standard InChI is InChI=1S/C22H22F3NO3/c1-15-10-12-17(13-11-15)21(26-20(28)22(23,24)25)14-6-5-9-18(21)29-19(27)16-7-3-2-4-8-16/h2-4,7-8,10-13,18H,5-6,9,14H2,1H3,(H,26,28)/t18-,21-/m1/s1. The van der Waals surface area contributed by atoms with Crippen molar-refractivity contribution in [3.63, 3.8) is 0 Å². The average molecular weight is 405 g/mol. The number of hydrogen-bond acceptors (Lipinski definition) is 3. The van der Waals surface area contributed by atoms with E-state index in [4.69, 9.17) is 4.74 Å². The van der Waals surface area contributed by atoms with Crippen LogP contribution in [-0.4, -0.2) is 24.2 Å². The number of carbonyl (C=O) groups is 2. The number of hydrogen-bond donors (Lipinski definition) is 1. The van der Waals surface area contributed by atoms with Crippen LogP contribution in [0.1, 0.15) is 47.2 Å². The van der Waals surface area contributed by atoms with Gasteiger partial charge in [-0.3, -0.25) is 4.79 Å². The minimum atomic E-state index is -5.04. The van der Waals surface area contributed by atoms with E-state index in [1.165, 1.54) is 0 Å². The summed E-state index contributed by atoms with van der Waals surface area (Å²) in [5, 5.41) is 2.17. The Kier molecular flexibility index (Phi) is 5.96. The number of esters is 1. The molecule has 4 nitrogen and oxygen atoms in total. The zero-order valence-corrected chi connectivity index (χ0v) is 16.0. The second kappa shape index (κ2) is 8.27. The van der Waals surface area contributed by atoms with Crippen LogP contribution in [0.2, 0.25) is 0 Å². The Morgan fingerprint density at radius 3 is 2.31 bits per heavy atom. The molecular weight excluding hydrogens is 383 g/mol. The highest BCUT2D eigenvalue weighted by Crippen LogP contribution is 2.40. The number of benzene rings is 2. The van der Waals surface area contributed by atoms with Crippen LogP contribution in [-0.2, 0) is 15.1 Å². The molecule has 1 aliphatic rings. The summed E-state index contributed by atoms with van der Waals surface area (Å²) in [6.07, 6.45) is -4.08. The summed E-state index contributed by atoms with van der Waals surface area (Å²) in [6.45, 7) is 1.86. The summed E-state index contributed by atoms with van der Waals surface area (Å²) in [5.74, 6) is -2.67. The largest absolute Gasteiger partial charge is 0.471 e. The van der Waals surface area contributed by atoms with Gasteiger partial charge in [0.2, 0.25) is 0 Å². The van der Waals surface area contributed by atoms with Crippen molar-refractivity contribution in [3.05, 3.63) is 71.3 Å². The van der Waals surface area contributed by atoms with Crippen LogP contribution in [0.25, 0.3) is 0 Å². The van der Waals surface area contributed by atoms with Gasteiger partial charge in [-0.1, -0.05) is 54.4 Å². The van der Waals surface area contributed by atoms with Gasteiger partial charge < -0.3 is 10.1 Å². The van der Waals surface area contributed by atoms with E-state index >= 15 is 0 Å². The Balaban J connectivity index is 1.99. The third-order valence-corrected chi connectivity index (χ3v) is 5.26. The van der Waals surface area contributed by atoms with Crippen molar-refractivity contribution in [2.45, 2.75) is 50.4 Å². The third kappa shape index (κ3) is 4.60. The molecule has 0 bridgehead atoms. The summed E-state index contributed by atoms with van der Waals surface area (Å²) < 4.78 is 44.9. The Labute approximate surface area is 167 Å². The lowest BCUT2D eigenvalue weighted by Crippen LogP contribution is -2.59. The van der Waals surface area contributed by atoms with Crippen molar-refractivity contribution in [2.75, 3.05) is 0 Å². The highest BCUT2D eigenvalue weighted by molar-refractivity contribution is 5.89. The zero-order valence-electron chi connectivity index (χ0n) is 16.0. The predicted molar refractivity (Wildman–Crippen MR) is 101 cm³/mol. The number of rotatable bonds is 4. The molecule has 7 heteroatoms. The van der Waals surface area contributed by atoms with Gasteiger partial charge in [-0.2, -0.15) is 13.2 Å². The number of nitrogens with one attached hydrogen (secondary N) is 1. The number of alkyl halides is 3. The molecule has 0 saturated heterocycles. The van der Waals surface area contributed by atoms with Gasteiger partial charge >= 0.3 is 18.1 Å². The Bertz CT molecular complexity index is 865. The lowest BCUT2D eigenvalue weighted by Gasteiger charge is -2.44. The normalized spacial score (nSPS) is 22.0. The maximum absolute atomic E-state index is 13.1. The number of halogens is 3. The molecule has 0 heterocycles. The second-order valence-corrected chi connectivity index (χ2v) is 7.30. The van der Waals surface area contributed by atoms with E-state index in [0.29, 0.717) is 30.4 Å². The first-order chi connectivity index (χ1) is 13.7. The Morgan fingerprint density at radius 2 is 1.69 bits per heavy atom. The van der Waals surface area contributed by atoms with Crippen molar-refractivity contribution in [3.8, 4) is 0 Å². The topological polar surface area (TPSA) is 55.4 Å². The highest BCUT2D eigenvalue weighted by atomic mass is 19.4. The molecule has 29 heavy (non-hydrogen) atoms. The van der Waals surface area contributed by atoms with Crippen molar-refractivity contribution in [2.24, 2.45) is 0 Å². The van der Waals surface area contributed by atoms with Crippen molar-refractivity contribution in [1.29, 1.82) is 0 Å². The second-order valence-electron chi connectivity index (χ2n) is 7.30. The van der Waals surface area contributed by atoms with Gasteiger partial charge in [0, 0.05) is 0 Å². The number of amides is 1. The zero-order chi connectivity index (χ0) is 21.1. The van der Waals surface area contributed by atoms with Gasteiger partial charge in [0.15, 0.2) is 0 Å². The molecule has 1 saturated carbocycles. The molecule has 2 aromatic carbocycles. The summed E-state index contributed by atoms with van der Waals surface area (Å²) >= 11 is 0. The molecule has 1 N–H and O–H groups in total. The smallest absolute Gasteiger partial charge is 0.456 e. The molecule has 3 rings (SSSR count). The molecule has 0 spiro atoms. The van der Waals surface area contributed by atoms with E-state index in [0.717, 1.165) is 5.56 Å². The van der Waals surface area contributed by atoms with E-state index in [2.05, 4.69) is 5.32 Å². The van der Waals surface area contributed by atoms with Crippen LogP contribution >= 0.6 is 0 Å². The fourth-order valence-corrected chi connectivity index (χ4v) is 3.74. The molecule has 2 aromatic rings. The molecule has 0 unspecified atom stereocenters. The van der Waals surface area contributed by atoms with Crippen LogP contribution in [0.4, 0.5) is 13.2 Å². The fourth-order valence-electron chi connectivity index (χ4n) is 3.74. The minimum absolute atomic E-state index is 0.241. The number of aryl methyl sites for hydroxylation is 1. The summed E-state index contributed by atoms with van der Waals surface area (Å²) in [4.78, 5) is 24.5. The number of ether oxygens (including phenoxy) is 1. The van der Waals surface area contributed by atoms with Crippen LogP contribution in [0, 0.1) is 6.92 Å². The lowest BCUT2D eigenvalue weighted by atomic mass is 9.74. The molecule has 1 amide bonds. The van der Waals surface area contributed by atoms with Gasteiger partial charge in [-0.05, 0) is 43.9 Å². The van der Waals surface area contributed by atoms with Crippen LogP contribution in [0.15, 0.2) is 54.6 Å². The SMILES string of the molecule is Cc1ccc([C@]2(NC(=O)C(F)(F)F)CCCC[C@H]2OC(=O)c2ccccc2)cc1. The lowest BCUT2D eigenvalue weighted by molar-refractivity contribution is -0.178. The number of carbonyl (C=O) groups excluding carboxylic acids is 2. The van der Waals surface area contributed by atoms with E-state index in [1.54, 1.807) is 54.6 Å². The first kappa shape index (κ1) is 20.9. The van der Waals surface area contributed by atoms with E-state index in [9.17, 15) is 22.8 Å². The quantitative estimate of drug-likeness (QED) is 0.753. The summed E-state index contributed by atoms with van der Waals surface area (Å²) in [5.41, 5.74) is 0.284. The average Bonchev–Trinajstić information content (AvgIpc) is 2.70. The summed E-state index contributed by atoms with van der Waals surface area (Å²) in [7, 11) is 0. The van der Waals surface area contributed by atoms with E-state index < -0.39 is 29.7 Å². The van der Waals surface area contributed by atoms with Gasteiger partial charge in [-0.15, -0.1) is 0 Å². The van der Waals surface area contributed by atoms with Crippen molar-refractivity contribution in [1.82, 2.24) is 5.32 Å². The maximum atomic E-state index is 13.1. The Hall–Kier alpha value is -2.83. The first-order valence-electron chi connectivity index (χ1n) is 9.45. The molecule has 154 valence electrons. The van der Waals surface area contributed by atoms with Crippen molar-refractivity contribution >= 4 is 11.9 Å². The summed E-state index contributed by atoms with van der Waals surface area (Å²) in [6, 6.07) is 15.1. The van der Waals surface area contributed by atoms with Crippen molar-refractivity contribution < 1.29 is 27.5 Å². The molecule has 2 atom stereocenters. The van der Waals surface area contributed by atoms with E-state index in [1.807, 2.05) is 6.92 Å². The van der Waals surface area contributed by atoms with Crippen LogP contribution in [0.3, 0.4) is 0 Å². The molecule has 0 aliphatic heterocycles. The van der Waals surface area contributed by atoms with E-state index in [-0.39, 0.29) is 6.42 Å². The molecule has 1 fully saturated rings. The fraction of sp³-hybridized carbons (Fsp3) is 0.364. The molecule has 0 radical (unpaired) electrons. The monoisotopic (exact) mass is 405 g/mol. The predicted octanol–water partition coefficient (Wildman–Crippen LogP) is 4.67. The highest BCUT2D eigenvalue weighted by Gasteiger charge is 2.50.